The van der Waals surface area contributed by atoms with Crippen molar-refractivity contribution >= 4 is 15.7 Å². The van der Waals surface area contributed by atoms with E-state index in [1.807, 2.05) is 0 Å². The third kappa shape index (κ3) is 2.94. The van der Waals surface area contributed by atoms with E-state index in [9.17, 15) is 8.42 Å². The van der Waals surface area contributed by atoms with Gasteiger partial charge in [-0.25, -0.2) is 13.4 Å². The highest BCUT2D eigenvalue weighted by Gasteiger charge is 2.37. The number of hydrogen-bond acceptors (Lipinski definition) is 5. The summed E-state index contributed by atoms with van der Waals surface area (Å²) in [7, 11) is -3.57. The van der Waals surface area contributed by atoms with Crippen LogP contribution in [0.1, 0.15) is 25.7 Å². The second-order valence-corrected chi connectivity index (χ2v) is 7.56. The molecule has 2 aliphatic carbocycles. The van der Waals surface area contributed by atoms with Crippen LogP contribution >= 0.6 is 0 Å². The van der Waals surface area contributed by atoms with Crippen LogP contribution in [0.25, 0.3) is 0 Å². The number of nitrogen functional groups attached to an aromatic ring is 1. The van der Waals surface area contributed by atoms with E-state index in [1.54, 1.807) is 16.4 Å². The predicted molar refractivity (Wildman–Crippen MR) is 76.3 cm³/mol. The fraction of sp³-hybridized carbons (Fsp3) is 0.615. The van der Waals surface area contributed by atoms with Crippen LogP contribution in [0.4, 0.5) is 5.69 Å². The number of aromatic nitrogens is 1. The quantitative estimate of drug-likeness (QED) is 0.582. The Morgan fingerprint density at radius 3 is 2.35 bits per heavy atom. The Hall–Kier alpha value is -1.18. The van der Waals surface area contributed by atoms with Gasteiger partial charge in [0.15, 0.2) is 5.03 Å². The minimum atomic E-state index is -3.57. The molecule has 0 saturated heterocycles. The second kappa shape index (κ2) is 5.31. The summed E-state index contributed by atoms with van der Waals surface area (Å²) in [6.45, 7) is 1.22. The zero-order valence-electron chi connectivity index (χ0n) is 11.3. The van der Waals surface area contributed by atoms with Gasteiger partial charge in [0.2, 0.25) is 0 Å². The molecule has 1 aromatic heterocycles. The summed E-state index contributed by atoms with van der Waals surface area (Å²) in [4.78, 5) is 4.03. The maximum atomic E-state index is 12.8. The molecule has 0 aromatic carbocycles. The summed E-state index contributed by atoms with van der Waals surface area (Å²) in [5, 5.41) is 0.0313. The molecule has 0 radical (unpaired) electrons. The highest BCUT2D eigenvalue weighted by Crippen LogP contribution is 2.36. The van der Waals surface area contributed by atoms with E-state index in [-0.39, 0.29) is 5.03 Å². The van der Waals surface area contributed by atoms with Crippen molar-refractivity contribution in [1.29, 1.82) is 0 Å². The molecule has 3 rings (SSSR count). The van der Waals surface area contributed by atoms with Gasteiger partial charge in [0.25, 0.3) is 10.0 Å². The highest BCUT2D eigenvalue weighted by atomic mass is 32.2. The van der Waals surface area contributed by atoms with Gasteiger partial charge >= 0.3 is 0 Å². The molecular weight excluding hydrogens is 276 g/mol. The van der Waals surface area contributed by atoms with Gasteiger partial charge in [-0.3, -0.25) is 5.84 Å². The van der Waals surface area contributed by atoms with Crippen LogP contribution in [0.3, 0.4) is 0 Å². The number of rotatable bonds is 7. The van der Waals surface area contributed by atoms with Crippen molar-refractivity contribution in [1.82, 2.24) is 9.29 Å². The molecular formula is C13H20N4O2S. The van der Waals surface area contributed by atoms with Gasteiger partial charge in [-0.05, 0) is 49.7 Å². The third-order valence-electron chi connectivity index (χ3n) is 3.83. The maximum Gasteiger partial charge on any atom is 0.262 e. The Kier molecular flexibility index (Phi) is 3.66. The molecule has 3 N–H and O–H groups in total. The fourth-order valence-corrected chi connectivity index (χ4v) is 3.93. The molecule has 7 heteroatoms. The van der Waals surface area contributed by atoms with Crippen molar-refractivity contribution in [3.05, 3.63) is 18.3 Å². The zero-order valence-corrected chi connectivity index (χ0v) is 12.1. The monoisotopic (exact) mass is 296 g/mol. The molecule has 0 atom stereocenters. The second-order valence-electron chi connectivity index (χ2n) is 5.71. The number of pyridine rings is 1. The first kappa shape index (κ1) is 13.8. The van der Waals surface area contributed by atoms with Crippen molar-refractivity contribution in [3.8, 4) is 0 Å². The fourth-order valence-electron chi connectivity index (χ4n) is 2.28. The molecule has 20 heavy (non-hydrogen) atoms. The normalized spacial score (nSPS) is 19.3. The smallest absolute Gasteiger partial charge is 0.262 e. The Bertz CT molecular complexity index is 568. The standard InChI is InChI=1S/C13H20N4O2S/c14-16-12-2-1-7-15-13(12)20(18,19)17(8-10-3-4-10)9-11-5-6-11/h1-2,7,10-11,16H,3-6,8-9,14H2. The Balaban J connectivity index is 1.89. The van der Waals surface area contributed by atoms with Gasteiger partial charge in [0, 0.05) is 19.3 Å². The number of anilines is 1. The van der Waals surface area contributed by atoms with Crippen molar-refractivity contribution in [2.24, 2.45) is 17.7 Å². The SMILES string of the molecule is NNc1cccnc1S(=O)(=O)N(CC1CC1)CC1CC1. The number of nitrogens with two attached hydrogens (primary N) is 1. The van der Waals surface area contributed by atoms with Gasteiger partial charge in [0.1, 0.15) is 0 Å². The van der Waals surface area contributed by atoms with Gasteiger partial charge < -0.3 is 5.43 Å². The molecule has 110 valence electrons. The predicted octanol–water partition coefficient (Wildman–Crippen LogP) is 1.18. The molecule has 2 saturated carbocycles. The largest absolute Gasteiger partial charge is 0.321 e. The van der Waals surface area contributed by atoms with Gasteiger partial charge in [-0.1, -0.05) is 0 Å². The maximum absolute atomic E-state index is 12.8. The van der Waals surface area contributed by atoms with E-state index in [1.165, 1.54) is 6.20 Å². The first-order chi connectivity index (χ1) is 9.61. The summed E-state index contributed by atoms with van der Waals surface area (Å²) >= 11 is 0. The number of nitrogens with zero attached hydrogens (tertiary/aromatic N) is 2. The lowest BCUT2D eigenvalue weighted by molar-refractivity contribution is 0.381. The molecule has 0 spiro atoms. The van der Waals surface area contributed by atoms with Crippen LogP contribution in [0.2, 0.25) is 0 Å². The minimum absolute atomic E-state index is 0.0313. The molecule has 0 unspecified atom stereocenters. The third-order valence-corrected chi connectivity index (χ3v) is 5.62. The first-order valence-electron chi connectivity index (χ1n) is 7.03. The summed E-state index contributed by atoms with van der Waals surface area (Å²) in [6.07, 6.45) is 5.99. The number of nitrogens with one attached hydrogen (secondary N) is 1. The lowest BCUT2D eigenvalue weighted by Gasteiger charge is -2.22. The molecule has 1 aromatic rings. The van der Waals surface area contributed by atoms with E-state index in [0.717, 1.165) is 25.7 Å². The molecule has 6 nitrogen and oxygen atoms in total. The summed E-state index contributed by atoms with van der Waals surface area (Å²) < 4.78 is 27.2. The summed E-state index contributed by atoms with van der Waals surface area (Å²) in [5.74, 6) is 6.43. The number of hydrazine groups is 1. The Morgan fingerprint density at radius 2 is 1.85 bits per heavy atom. The van der Waals surface area contributed by atoms with Gasteiger partial charge in [0.05, 0.1) is 5.69 Å². The average molecular weight is 296 g/mol. The molecule has 2 aliphatic rings. The molecule has 0 amide bonds. The van der Waals surface area contributed by atoms with E-state index in [4.69, 9.17) is 5.84 Å². The Morgan fingerprint density at radius 1 is 1.25 bits per heavy atom. The van der Waals surface area contributed by atoms with Gasteiger partial charge in [-0.2, -0.15) is 4.31 Å². The summed E-state index contributed by atoms with van der Waals surface area (Å²) in [6, 6.07) is 3.30. The van der Waals surface area contributed by atoms with E-state index < -0.39 is 10.0 Å². The number of hydrogen-bond donors (Lipinski definition) is 2. The molecule has 1 heterocycles. The zero-order chi connectivity index (χ0) is 14.2. The lowest BCUT2D eigenvalue weighted by Crippen LogP contribution is -2.35. The van der Waals surface area contributed by atoms with Crippen LogP contribution in [0.5, 0.6) is 0 Å². The van der Waals surface area contributed by atoms with Crippen LogP contribution < -0.4 is 11.3 Å². The van der Waals surface area contributed by atoms with Crippen molar-refractivity contribution in [2.45, 2.75) is 30.7 Å². The van der Waals surface area contributed by atoms with E-state index >= 15 is 0 Å². The lowest BCUT2D eigenvalue weighted by atomic mass is 10.4. The van der Waals surface area contributed by atoms with Crippen molar-refractivity contribution < 1.29 is 8.42 Å². The Labute approximate surface area is 119 Å². The molecule has 0 bridgehead atoms. The van der Waals surface area contributed by atoms with E-state index in [0.29, 0.717) is 30.6 Å². The van der Waals surface area contributed by atoms with Crippen molar-refractivity contribution in [3.63, 3.8) is 0 Å². The minimum Gasteiger partial charge on any atom is -0.321 e. The number of sulfonamides is 1. The van der Waals surface area contributed by atoms with Crippen LogP contribution in [0, 0.1) is 11.8 Å². The van der Waals surface area contributed by atoms with E-state index in [2.05, 4.69) is 10.4 Å². The topological polar surface area (TPSA) is 88.3 Å². The van der Waals surface area contributed by atoms with Gasteiger partial charge in [-0.15, -0.1) is 0 Å². The van der Waals surface area contributed by atoms with Crippen LogP contribution in [0.15, 0.2) is 23.4 Å². The first-order valence-corrected chi connectivity index (χ1v) is 8.47. The van der Waals surface area contributed by atoms with Crippen molar-refractivity contribution in [2.75, 3.05) is 18.5 Å². The average Bonchev–Trinajstić information content (AvgIpc) is 3.33. The summed E-state index contributed by atoms with van der Waals surface area (Å²) in [5.41, 5.74) is 2.78. The molecule has 0 aliphatic heterocycles. The van der Waals surface area contributed by atoms with Crippen LogP contribution in [-0.2, 0) is 10.0 Å². The molecule has 2 fully saturated rings. The highest BCUT2D eigenvalue weighted by molar-refractivity contribution is 7.89. The van der Waals surface area contributed by atoms with Crippen LogP contribution in [-0.4, -0.2) is 30.8 Å².